The Balaban J connectivity index is -0.000000642. The topological polar surface area (TPSA) is 113 Å². The summed E-state index contributed by atoms with van der Waals surface area (Å²) in [5.74, 6) is 0. The minimum Gasteiger partial charge on any atom is -0.759 e. The quantitative estimate of drug-likeness (QED) is 0.0436. The molecule has 0 aromatic heterocycles. The van der Waals surface area contributed by atoms with Gasteiger partial charge >= 0.3 is 0 Å². The molecule has 0 atom stereocenters. The molecule has 0 fully saturated rings. The van der Waals surface area contributed by atoms with Crippen molar-refractivity contribution in [3.63, 3.8) is 0 Å². The third-order valence-corrected chi connectivity index (χ3v) is 8.05. The molecule has 0 aromatic rings. The highest BCUT2D eigenvalue weighted by Gasteiger charge is 1.96. The fourth-order valence-electron chi connectivity index (χ4n) is 5.27. The number of nitrogens with two attached hydrogens (primary N) is 2. The van der Waals surface area contributed by atoms with E-state index in [-0.39, 0.29) is 0 Å². The summed E-state index contributed by atoms with van der Waals surface area (Å²) >= 11 is 0. The molecule has 0 rings (SSSR count). The van der Waals surface area contributed by atoms with Gasteiger partial charge in [-0.2, -0.15) is 0 Å². The van der Waals surface area contributed by atoms with Gasteiger partial charge in [0.1, 0.15) is 0 Å². The van der Waals surface area contributed by atoms with Gasteiger partial charge in [0.05, 0.1) is 26.2 Å². The van der Waals surface area contributed by atoms with Gasteiger partial charge in [-0.15, -0.1) is 0 Å². The summed E-state index contributed by atoms with van der Waals surface area (Å²) in [4.78, 5) is 0. The fourth-order valence-corrected chi connectivity index (χ4v) is 5.27. The number of rotatable bonds is 32. The Labute approximate surface area is 271 Å². The van der Waals surface area contributed by atoms with Crippen molar-refractivity contribution in [2.75, 3.05) is 26.2 Å². The van der Waals surface area contributed by atoms with Crippen LogP contribution in [0, 0.1) is 0 Å². The Morgan fingerprint density at radius 2 is 0.465 bits per heavy atom. The summed E-state index contributed by atoms with van der Waals surface area (Å²) in [6.45, 7) is 14.6. The summed E-state index contributed by atoms with van der Waals surface area (Å²) in [5, 5.41) is 5.08. The molecule has 0 radical (unpaired) electrons. The van der Waals surface area contributed by atoms with Crippen LogP contribution in [0.4, 0.5) is 0 Å². The first kappa shape index (κ1) is 47.2. The van der Waals surface area contributed by atoms with Gasteiger partial charge in [0, 0.05) is 10.4 Å². The van der Waals surface area contributed by atoms with E-state index in [2.05, 4.69) is 38.3 Å². The van der Waals surface area contributed by atoms with Crippen LogP contribution in [0.3, 0.4) is 0 Å². The van der Waals surface area contributed by atoms with Gasteiger partial charge < -0.3 is 19.7 Å². The second-order valence-electron chi connectivity index (χ2n) is 12.6. The molecule has 264 valence electrons. The highest BCUT2D eigenvalue weighted by molar-refractivity contribution is 7.79. The van der Waals surface area contributed by atoms with Gasteiger partial charge in [-0.3, -0.25) is 8.42 Å². The fraction of sp³-hybridized carbons (Fsp3) is 1.00. The third kappa shape index (κ3) is 65.5. The summed E-state index contributed by atoms with van der Waals surface area (Å²) < 4.78 is 34.1. The van der Waals surface area contributed by atoms with E-state index in [1.54, 1.807) is 0 Å². The molecule has 0 heterocycles. The lowest BCUT2D eigenvalue weighted by atomic mass is 10.1. The predicted molar refractivity (Wildman–Crippen MR) is 186 cm³/mol. The van der Waals surface area contributed by atoms with Crippen LogP contribution in [0.5, 0.6) is 0 Å². The van der Waals surface area contributed by atoms with Crippen molar-refractivity contribution < 1.29 is 28.2 Å². The monoisotopic (exact) mass is 637 g/mol. The summed E-state index contributed by atoms with van der Waals surface area (Å²) in [7, 11) is -5.17. The van der Waals surface area contributed by atoms with E-state index in [1.807, 2.05) is 0 Å². The van der Waals surface area contributed by atoms with Gasteiger partial charge in [0.15, 0.2) is 0 Å². The molecule has 7 heteroatoms. The standard InChI is InChI=1S/2C18H39N.H2O4S/c2*1-3-5-7-9-11-13-15-17-19-18-16-14-12-10-8-6-4-2;1-5(2,3)4/h2*19H,3-18H2,1-2H3;(H2,1,2,3,4). The molecule has 4 N–H and O–H groups in total. The van der Waals surface area contributed by atoms with Crippen molar-refractivity contribution in [2.45, 2.75) is 207 Å². The lowest BCUT2D eigenvalue weighted by molar-refractivity contribution is -0.655. The zero-order chi connectivity index (χ0) is 32.5. The van der Waals surface area contributed by atoms with Crippen molar-refractivity contribution in [1.82, 2.24) is 0 Å². The third-order valence-electron chi connectivity index (χ3n) is 8.05. The number of hydrogen-bond acceptors (Lipinski definition) is 4. The lowest BCUT2D eigenvalue weighted by Crippen LogP contribution is -2.84. The summed E-state index contributed by atoms with van der Waals surface area (Å²) in [5.41, 5.74) is 0. The zero-order valence-electron chi connectivity index (χ0n) is 29.8. The molecule has 0 bridgehead atoms. The van der Waals surface area contributed by atoms with Crippen LogP contribution in [-0.4, -0.2) is 43.7 Å². The van der Waals surface area contributed by atoms with E-state index in [4.69, 9.17) is 17.5 Å². The van der Waals surface area contributed by atoms with Crippen LogP contribution in [0.15, 0.2) is 0 Å². The summed E-state index contributed by atoms with van der Waals surface area (Å²) in [6.07, 6.45) is 40.3. The van der Waals surface area contributed by atoms with Gasteiger partial charge in [-0.25, -0.2) is 0 Å². The van der Waals surface area contributed by atoms with Crippen LogP contribution in [-0.2, 0) is 10.4 Å². The maximum Gasteiger partial charge on any atom is 0.0755 e. The molecule has 0 amide bonds. The Hall–Kier alpha value is -0.210. The largest absolute Gasteiger partial charge is 0.759 e. The van der Waals surface area contributed by atoms with Crippen LogP contribution in [0.25, 0.3) is 0 Å². The lowest BCUT2D eigenvalue weighted by Gasteiger charge is -2.06. The maximum atomic E-state index is 8.52. The van der Waals surface area contributed by atoms with E-state index in [0.29, 0.717) is 0 Å². The normalized spacial score (nSPS) is 11.1. The highest BCUT2D eigenvalue weighted by atomic mass is 32.3. The predicted octanol–water partition coefficient (Wildman–Crippen LogP) is 8.76. The van der Waals surface area contributed by atoms with Crippen LogP contribution < -0.4 is 10.6 Å². The molecule has 6 nitrogen and oxygen atoms in total. The van der Waals surface area contributed by atoms with E-state index in [9.17, 15) is 0 Å². The minimum absolute atomic E-state index is 1.36. The van der Waals surface area contributed by atoms with Crippen molar-refractivity contribution in [3.8, 4) is 0 Å². The molecule has 0 aliphatic heterocycles. The second kappa shape index (κ2) is 43.9. The van der Waals surface area contributed by atoms with Gasteiger partial charge in [0.2, 0.25) is 0 Å². The molecule has 0 spiro atoms. The van der Waals surface area contributed by atoms with E-state index < -0.39 is 10.4 Å². The van der Waals surface area contributed by atoms with Gasteiger partial charge in [0.25, 0.3) is 0 Å². The Morgan fingerprint density at radius 1 is 0.326 bits per heavy atom. The van der Waals surface area contributed by atoms with E-state index >= 15 is 0 Å². The number of unbranched alkanes of at least 4 members (excludes halogenated alkanes) is 24. The highest BCUT2D eigenvalue weighted by Crippen LogP contribution is 2.08. The van der Waals surface area contributed by atoms with Crippen LogP contribution >= 0.6 is 0 Å². The van der Waals surface area contributed by atoms with Crippen LogP contribution in [0.2, 0.25) is 0 Å². The Bertz CT molecular complexity index is 487. The molecule has 0 aliphatic carbocycles. The van der Waals surface area contributed by atoms with Crippen molar-refractivity contribution >= 4 is 10.4 Å². The average molecular weight is 637 g/mol. The first-order chi connectivity index (χ1) is 20.8. The first-order valence-electron chi connectivity index (χ1n) is 19.1. The molecule has 0 aromatic carbocycles. The molecular formula is C36H80N2O4S. The second-order valence-corrected chi connectivity index (χ2v) is 13.4. The van der Waals surface area contributed by atoms with Crippen molar-refractivity contribution in [2.24, 2.45) is 0 Å². The maximum absolute atomic E-state index is 8.52. The Morgan fingerprint density at radius 3 is 0.628 bits per heavy atom. The molecule has 0 aliphatic rings. The van der Waals surface area contributed by atoms with Gasteiger partial charge in [-0.05, 0) is 51.4 Å². The minimum atomic E-state index is -5.17. The first-order valence-corrected chi connectivity index (χ1v) is 20.5. The smallest absolute Gasteiger partial charge is 0.0755 e. The molecule has 0 saturated carbocycles. The van der Waals surface area contributed by atoms with Crippen molar-refractivity contribution in [3.05, 3.63) is 0 Å². The van der Waals surface area contributed by atoms with Crippen LogP contribution in [0.1, 0.15) is 207 Å². The summed E-state index contributed by atoms with van der Waals surface area (Å²) in [6, 6.07) is 0. The molecule has 0 saturated heterocycles. The van der Waals surface area contributed by atoms with Crippen molar-refractivity contribution in [1.29, 1.82) is 0 Å². The number of quaternary nitrogens is 2. The molecule has 43 heavy (non-hydrogen) atoms. The Kier molecular flexibility index (Phi) is 48.2. The van der Waals surface area contributed by atoms with E-state index in [0.717, 1.165) is 0 Å². The SMILES string of the molecule is CCCCCCCCC[NH2+]CCCCCCCCC.CCCCCCCCC[NH2+]CCCCCCCCC.O=S(=O)([O-])[O-]. The number of hydrogen-bond donors (Lipinski definition) is 2. The van der Waals surface area contributed by atoms with E-state index in [1.165, 1.54) is 206 Å². The molecular weight excluding hydrogens is 556 g/mol. The zero-order valence-corrected chi connectivity index (χ0v) is 30.6. The average Bonchev–Trinajstić information content (AvgIpc) is 2.97. The van der Waals surface area contributed by atoms with Gasteiger partial charge in [-0.1, -0.05) is 156 Å². The molecule has 0 unspecified atom stereocenters.